The van der Waals surface area contributed by atoms with Crippen LogP contribution in [0.5, 0.6) is 5.75 Å². The maximum atomic E-state index is 12.1. The Balaban J connectivity index is 1.84. The van der Waals surface area contributed by atoms with Crippen molar-refractivity contribution in [2.45, 2.75) is 6.92 Å². The molecule has 0 heterocycles. The van der Waals surface area contributed by atoms with Gasteiger partial charge >= 0.3 is 6.03 Å². The summed E-state index contributed by atoms with van der Waals surface area (Å²) >= 11 is 11.9. The summed E-state index contributed by atoms with van der Waals surface area (Å²) in [4.78, 5) is 13.7. The third-order valence-electron chi connectivity index (χ3n) is 3.30. The van der Waals surface area contributed by atoms with Crippen LogP contribution in [0, 0.1) is 6.92 Å². The number of anilines is 1. The van der Waals surface area contributed by atoms with Crippen LogP contribution in [-0.4, -0.2) is 31.1 Å². The number of ether oxygens (including phenoxy) is 1. The molecular formula is C17H18Cl2N2O2. The lowest BCUT2D eigenvalue weighted by molar-refractivity contribution is 0.207. The van der Waals surface area contributed by atoms with Crippen LogP contribution in [0.4, 0.5) is 10.5 Å². The summed E-state index contributed by atoms with van der Waals surface area (Å²) in [5.74, 6) is 0.821. The zero-order valence-electron chi connectivity index (χ0n) is 13.0. The van der Waals surface area contributed by atoms with Crippen molar-refractivity contribution in [1.82, 2.24) is 4.90 Å². The van der Waals surface area contributed by atoms with Crippen molar-refractivity contribution in [2.24, 2.45) is 0 Å². The molecule has 0 aliphatic carbocycles. The first kappa shape index (κ1) is 17.4. The van der Waals surface area contributed by atoms with Crippen LogP contribution in [0.25, 0.3) is 0 Å². The van der Waals surface area contributed by atoms with Crippen LogP contribution in [0.15, 0.2) is 42.5 Å². The van der Waals surface area contributed by atoms with Gasteiger partial charge < -0.3 is 15.0 Å². The van der Waals surface area contributed by atoms with E-state index in [0.29, 0.717) is 28.9 Å². The molecule has 1 N–H and O–H groups in total. The quantitative estimate of drug-likeness (QED) is 0.835. The van der Waals surface area contributed by atoms with E-state index in [1.807, 2.05) is 31.2 Å². The summed E-state index contributed by atoms with van der Waals surface area (Å²) in [5.41, 5.74) is 1.58. The van der Waals surface area contributed by atoms with Gasteiger partial charge in [-0.1, -0.05) is 41.4 Å². The molecule has 2 aromatic rings. The van der Waals surface area contributed by atoms with E-state index in [4.69, 9.17) is 27.9 Å². The first-order valence-corrected chi connectivity index (χ1v) is 7.88. The van der Waals surface area contributed by atoms with Crippen LogP contribution in [0.3, 0.4) is 0 Å². The van der Waals surface area contributed by atoms with E-state index in [-0.39, 0.29) is 6.03 Å². The maximum Gasteiger partial charge on any atom is 0.321 e. The monoisotopic (exact) mass is 352 g/mol. The molecule has 4 nitrogen and oxygen atoms in total. The smallest absolute Gasteiger partial charge is 0.321 e. The lowest BCUT2D eigenvalue weighted by Gasteiger charge is -2.19. The van der Waals surface area contributed by atoms with Gasteiger partial charge in [-0.15, -0.1) is 0 Å². The maximum absolute atomic E-state index is 12.1. The van der Waals surface area contributed by atoms with Gasteiger partial charge in [0.1, 0.15) is 12.4 Å². The minimum absolute atomic E-state index is 0.261. The second-order valence-corrected chi connectivity index (χ2v) is 5.93. The van der Waals surface area contributed by atoms with Crippen molar-refractivity contribution in [3.05, 3.63) is 58.1 Å². The van der Waals surface area contributed by atoms with E-state index >= 15 is 0 Å². The molecule has 0 atom stereocenters. The van der Waals surface area contributed by atoms with Crippen molar-refractivity contribution in [3.63, 3.8) is 0 Å². The van der Waals surface area contributed by atoms with Gasteiger partial charge in [-0.05, 0) is 36.8 Å². The Labute approximate surface area is 146 Å². The van der Waals surface area contributed by atoms with Crippen LogP contribution >= 0.6 is 23.2 Å². The van der Waals surface area contributed by atoms with Crippen LogP contribution in [-0.2, 0) is 0 Å². The fourth-order valence-electron chi connectivity index (χ4n) is 1.91. The van der Waals surface area contributed by atoms with E-state index in [0.717, 1.165) is 11.3 Å². The molecule has 0 bridgehead atoms. The van der Waals surface area contributed by atoms with Crippen molar-refractivity contribution in [2.75, 3.05) is 25.5 Å². The number of likely N-dealkylation sites (N-methyl/N-ethyl adjacent to an activating group) is 1. The normalized spacial score (nSPS) is 10.3. The number of urea groups is 1. The van der Waals surface area contributed by atoms with Gasteiger partial charge in [0.05, 0.1) is 17.3 Å². The molecule has 2 aromatic carbocycles. The summed E-state index contributed by atoms with van der Waals surface area (Å²) in [6.07, 6.45) is 0. The number of para-hydroxylation sites is 1. The van der Waals surface area contributed by atoms with Gasteiger partial charge in [0.2, 0.25) is 0 Å². The first-order chi connectivity index (χ1) is 11.0. The van der Waals surface area contributed by atoms with Gasteiger partial charge in [-0.2, -0.15) is 0 Å². The number of benzene rings is 2. The predicted molar refractivity (Wildman–Crippen MR) is 94.8 cm³/mol. The highest BCUT2D eigenvalue weighted by atomic mass is 35.5. The zero-order valence-corrected chi connectivity index (χ0v) is 14.5. The SMILES string of the molecule is Cc1ccccc1OCCN(C)C(=O)Nc1ccc(Cl)cc1Cl. The average Bonchev–Trinajstić information content (AvgIpc) is 2.51. The van der Waals surface area contributed by atoms with Gasteiger partial charge in [0, 0.05) is 12.1 Å². The van der Waals surface area contributed by atoms with Gasteiger partial charge in [-0.3, -0.25) is 0 Å². The van der Waals surface area contributed by atoms with Crippen molar-refractivity contribution in [3.8, 4) is 5.75 Å². The fraction of sp³-hybridized carbons (Fsp3) is 0.235. The van der Waals surface area contributed by atoms with Crippen molar-refractivity contribution < 1.29 is 9.53 Å². The number of rotatable bonds is 5. The number of aryl methyl sites for hydroxylation is 1. The number of hydrogen-bond acceptors (Lipinski definition) is 2. The topological polar surface area (TPSA) is 41.6 Å². The Morgan fingerprint density at radius 1 is 1.22 bits per heavy atom. The van der Waals surface area contributed by atoms with Gasteiger partial charge in [0.15, 0.2) is 0 Å². The Morgan fingerprint density at radius 2 is 1.96 bits per heavy atom. The van der Waals surface area contributed by atoms with Crippen LogP contribution < -0.4 is 10.1 Å². The van der Waals surface area contributed by atoms with Crippen LogP contribution in [0.2, 0.25) is 10.0 Å². The average molecular weight is 353 g/mol. The number of hydrogen-bond donors (Lipinski definition) is 1. The number of amides is 2. The van der Waals surface area contributed by atoms with Crippen molar-refractivity contribution in [1.29, 1.82) is 0 Å². The van der Waals surface area contributed by atoms with E-state index in [1.54, 1.807) is 25.2 Å². The standard InChI is InChI=1S/C17H18Cl2N2O2/c1-12-5-3-4-6-16(12)23-10-9-21(2)17(22)20-15-8-7-13(18)11-14(15)19/h3-8,11H,9-10H2,1-2H3,(H,20,22). The van der Waals surface area contributed by atoms with Crippen LogP contribution in [0.1, 0.15) is 5.56 Å². The molecule has 0 spiro atoms. The molecular weight excluding hydrogens is 335 g/mol. The third kappa shape index (κ3) is 5.05. The summed E-state index contributed by atoms with van der Waals surface area (Å²) in [6, 6.07) is 12.4. The van der Waals surface area contributed by atoms with E-state index in [2.05, 4.69) is 5.32 Å². The Morgan fingerprint density at radius 3 is 2.65 bits per heavy atom. The number of halogens is 2. The predicted octanol–water partition coefficient (Wildman–Crippen LogP) is 4.84. The molecule has 0 aliphatic rings. The molecule has 0 unspecified atom stereocenters. The van der Waals surface area contributed by atoms with Gasteiger partial charge in [-0.25, -0.2) is 4.79 Å². The number of carbonyl (C=O) groups excluding carboxylic acids is 1. The Bertz CT molecular complexity index is 692. The molecule has 0 saturated heterocycles. The lowest BCUT2D eigenvalue weighted by atomic mass is 10.2. The molecule has 2 amide bonds. The van der Waals surface area contributed by atoms with Crippen molar-refractivity contribution >= 4 is 34.9 Å². The molecule has 0 aromatic heterocycles. The highest BCUT2D eigenvalue weighted by molar-refractivity contribution is 6.36. The Kier molecular flexibility index (Phi) is 6.13. The zero-order chi connectivity index (χ0) is 16.8. The molecule has 0 radical (unpaired) electrons. The van der Waals surface area contributed by atoms with E-state index < -0.39 is 0 Å². The van der Waals surface area contributed by atoms with E-state index in [1.165, 1.54) is 4.90 Å². The second kappa shape index (κ2) is 8.09. The minimum Gasteiger partial charge on any atom is -0.491 e. The summed E-state index contributed by atoms with van der Waals surface area (Å²) in [7, 11) is 1.69. The number of carbonyl (C=O) groups is 1. The molecule has 0 fully saturated rings. The summed E-state index contributed by atoms with van der Waals surface area (Å²) in [6.45, 7) is 2.84. The van der Waals surface area contributed by atoms with Gasteiger partial charge in [0.25, 0.3) is 0 Å². The summed E-state index contributed by atoms with van der Waals surface area (Å²) in [5, 5.41) is 3.66. The molecule has 122 valence electrons. The second-order valence-electron chi connectivity index (χ2n) is 5.09. The molecule has 23 heavy (non-hydrogen) atoms. The Hall–Kier alpha value is -1.91. The number of nitrogens with one attached hydrogen (secondary N) is 1. The molecule has 6 heteroatoms. The number of nitrogens with zero attached hydrogens (tertiary/aromatic N) is 1. The highest BCUT2D eigenvalue weighted by Crippen LogP contribution is 2.25. The third-order valence-corrected chi connectivity index (χ3v) is 3.85. The largest absolute Gasteiger partial charge is 0.491 e. The first-order valence-electron chi connectivity index (χ1n) is 7.13. The summed E-state index contributed by atoms with van der Waals surface area (Å²) < 4.78 is 5.68. The fourth-order valence-corrected chi connectivity index (χ4v) is 2.37. The molecule has 2 rings (SSSR count). The van der Waals surface area contributed by atoms with E-state index in [9.17, 15) is 4.79 Å². The highest BCUT2D eigenvalue weighted by Gasteiger charge is 2.11. The molecule has 0 saturated carbocycles. The lowest BCUT2D eigenvalue weighted by Crippen LogP contribution is -2.34. The minimum atomic E-state index is -0.261. The molecule has 0 aliphatic heterocycles.